The first-order chi connectivity index (χ1) is 9.52. The maximum atomic E-state index is 11.6. The molecule has 0 aromatic heterocycles. The van der Waals surface area contributed by atoms with Crippen LogP contribution >= 0.6 is 0 Å². The van der Waals surface area contributed by atoms with Gasteiger partial charge in [0.05, 0.1) is 11.5 Å². The van der Waals surface area contributed by atoms with E-state index in [2.05, 4.69) is 35.3 Å². The average molecular weight is 296 g/mol. The van der Waals surface area contributed by atoms with E-state index in [1.807, 2.05) is 13.1 Å². The molecule has 2 rings (SSSR count). The lowest BCUT2D eigenvalue weighted by molar-refractivity contribution is 0.253. The Morgan fingerprint density at radius 3 is 2.60 bits per heavy atom. The first kappa shape index (κ1) is 15.5. The molecule has 1 heterocycles. The molecule has 1 aliphatic heterocycles. The topological polar surface area (TPSA) is 49.4 Å². The van der Waals surface area contributed by atoms with Crippen LogP contribution in [0.2, 0.25) is 0 Å². The largest absolute Gasteiger partial charge is 0.313 e. The number of sulfone groups is 1. The molecule has 1 aromatic rings. The summed E-state index contributed by atoms with van der Waals surface area (Å²) in [5, 5.41) is 3.35. The lowest BCUT2D eigenvalue weighted by Crippen LogP contribution is -2.32. The van der Waals surface area contributed by atoms with E-state index in [9.17, 15) is 8.42 Å². The third-order valence-electron chi connectivity index (χ3n) is 3.94. The fraction of sp³-hybridized carbons (Fsp3) is 0.600. The van der Waals surface area contributed by atoms with Gasteiger partial charge in [-0.25, -0.2) is 8.42 Å². The van der Waals surface area contributed by atoms with E-state index in [1.54, 1.807) is 0 Å². The van der Waals surface area contributed by atoms with Gasteiger partial charge in [-0.05, 0) is 31.1 Å². The van der Waals surface area contributed by atoms with E-state index in [-0.39, 0.29) is 6.04 Å². The molecule has 1 fully saturated rings. The third-order valence-corrected chi connectivity index (χ3v) is 5.69. The molecule has 0 radical (unpaired) electrons. The summed E-state index contributed by atoms with van der Waals surface area (Å²) in [6, 6.07) is 8.52. The highest BCUT2D eigenvalue weighted by atomic mass is 32.2. The van der Waals surface area contributed by atoms with Crippen LogP contribution in [0.3, 0.4) is 0 Å². The van der Waals surface area contributed by atoms with Crippen LogP contribution in [0.15, 0.2) is 24.3 Å². The van der Waals surface area contributed by atoms with Crippen LogP contribution in [-0.4, -0.2) is 44.5 Å². The van der Waals surface area contributed by atoms with Gasteiger partial charge in [-0.1, -0.05) is 31.2 Å². The lowest BCUT2D eigenvalue weighted by Gasteiger charge is -2.24. The van der Waals surface area contributed by atoms with Crippen LogP contribution < -0.4 is 5.32 Å². The minimum atomic E-state index is -2.81. The third kappa shape index (κ3) is 4.04. The van der Waals surface area contributed by atoms with Crippen LogP contribution in [0.5, 0.6) is 0 Å². The minimum Gasteiger partial charge on any atom is -0.313 e. The molecule has 1 atom stereocenters. The first-order valence-electron chi connectivity index (χ1n) is 7.20. The summed E-state index contributed by atoms with van der Waals surface area (Å²) in [7, 11) is -0.788. The summed E-state index contributed by atoms with van der Waals surface area (Å²) in [4.78, 5) is 2.18. The number of nitrogens with one attached hydrogen (secondary N) is 1. The van der Waals surface area contributed by atoms with Crippen LogP contribution in [0.4, 0.5) is 0 Å². The zero-order chi connectivity index (χ0) is 14.6. The van der Waals surface area contributed by atoms with Crippen molar-refractivity contribution in [2.75, 3.05) is 25.1 Å². The number of benzene rings is 1. The maximum absolute atomic E-state index is 11.6. The van der Waals surface area contributed by atoms with E-state index >= 15 is 0 Å². The fourth-order valence-electron chi connectivity index (χ4n) is 2.66. The molecule has 1 N–H and O–H groups in total. The molecule has 0 bridgehead atoms. The van der Waals surface area contributed by atoms with Gasteiger partial charge in [0.1, 0.15) is 0 Å². The van der Waals surface area contributed by atoms with Crippen molar-refractivity contribution in [3.8, 4) is 0 Å². The summed E-state index contributed by atoms with van der Waals surface area (Å²) < 4.78 is 23.1. The highest BCUT2D eigenvalue weighted by molar-refractivity contribution is 7.91. The predicted octanol–water partition coefficient (Wildman–Crippen LogP) is 1.42. The second-order valence-electron chi connectivity index (χ2n) is 5.52. The monoisotopic (exact) mass is 296 g/mol. The average Bonchev–Trinajstić information content (AvgIpc) is 2.78. The van der Waals surface area contributed by atoms with Gasteiger partial charge >= 0.3 is 0 Å². The standard InChI is InChI=1S/C15H24N2O2S/c1-3-16-10-13-6-4-5-7-14(13)11-17(2)15-8-9-20(18,19)12-15/h4-7,15-16H,3,8-12H2,1-2H3. The summed E-state index contributed by atoms with van der Waals surface area (Å²) in [5.41, 5.74) is 2.57. The Balaban J connectivity index is 2.02. The molecule has 20 heavy (non-hydrogen) atoms. The molecule has 1 aliphatic rings. The van der Waals surface area contributed by atoms with Crippen LogP contribution in [0.1, 0.15) is 24.5 Å². The Hall–Kier alpha value is -0.910. The maximum Gasteiger partial charge on any atom is 0.151 e. The fourth-order valence-corrected chi connectivity index (χ4v) is 4.47. The van der Waals surface area contributed by atoms with Crippen molar-refractivity contribution in [1.29, 1.82) is 0 Å². The Bertz CT molecular complexity index is 543. The Morgan fingerprint density at radius 1 is 1.30 bits per heavy atom. The number of hydrogen-bond donors (Lipinski definition) is 1. The molecule has 1 aromatic carbocycles. The molecule has 112 valence electrons. The predicted molar refractivity (Wildman–Crippen MR) is 82.3 cm³/mol. The van der Waals surface area contributed by atoms with Crippen molar-refractivity contribution >= 4 is 9.84 Å². The van der Waals surface area contributed by atoms with Crippen molar-refractivity contribution in [1.82, 2.24) is 10.2 Å². The summed E-state index contributed by atoms with van der Waals surface area (Å²) in [6.45, 7) is 4.72. The lowest BCUT2D eigenvalue weighted by atomic mass is 10.1. The van der Waals surface area contributed by atoms with Crippen LogP contribution in [-0.2, 0) is 22.9 Å². The van der Waals surface area contributed by atoms with Crippen molar-refractivity contribution < 1.29 is 8.42 Å². The molecule has 4 nitrogen and oxygen atoms in total. The van der Waals surface area contributed by atoms with Crippen molar-refractivity contribution in [2.45, 2.75) is 32.5 Å². The molecule has 0 aliphatic carbocycles. The molecule has 0 saturated carbocycles. The Morgan fingerprint density at radius 2 is 2.00 bits per heavy atom. The van der Waals surface area contributed by atoms with Crippen molar-refractivity contribution in [3.63, 3.8) is 0 Å². The van der Waals surface area contributed by atoms with Gasteiger partial charge in [-0.15, -0.1) is 0 Å². The van der Waals surface area contributed by atoms with Gasteiger partial charge in [-0.2, -0.15) is 0 Å². The molecule has 5 heteroatoms. The molecule has 1 saturated heterocycles. The highest BCUT2D eigenvalue weighted by Crippen LogP contribution is 2.19. The van der Waals surface area contributed by atoms with E-state index in [0.29, 0.717) is 11.5 Å². The summed E-state index contributed by atoms with van der Waals surface area (Å²) in [5.74, 6) is 0.639. The molecule has 0 spiro atoms. The van der Waals surface area contributed by atoms with Crippen molar-refractivity contribution in [2.24, 2.45) is 0 Å². The zero-order valence-electron chi connectivity index (χ0n) is 12.3. The number of nitrogens with zero attached hydrogens (tertiary/aromatic N) is 1. The smallest absolute Gasteiger partial charge is 0.151 e. The Labute approximate surface area is 122 Å². The van der Waals surface area contributed by atoms with E-state index in [4.69, 9.17) is 0 Å². The van der Waals surface area contributed by atoms with Gasteiger partial charge < -0.3 is 5.32 Å². The quantitative estimate of drug-likeness (QED) is 0.862. The molecular weight excluding hydrogens is 272 g/mol. The van der Waals surface area contributed by atoms with Gasteiger partial charge in [0, 0.05) is 19.1 Å². The zero-order valence-corrected chi connectivity index (χ0v) is 13.1. The summed E-state index contributed by atoms with van der Waals surface area (Å²) >= 11 is 0. The second-order valence-corrected chi connectivity index (χ2v) is 7.75. The van der Waals surface area contributed by atoms with Gasteiger partial charge in [0.15, 0.2) is 9.84 Å². The second kappa shape index (κ2) is 6.70. The molecule has 1 unspecified atom stereocenters. The highest BCUT2D eigenvalue weighted by Gasteiger charge is 2.30. The first-order valence-corrected chi connectivity index (χ1v) is 9.02. The summed E-state index contributed by atoms with van der Waals surface area (Å²) in [6.07, 6.45) is 0.758. The molecule has 0 amide bonds. The van der Waals surface area contributed by atoms with Crippen LogP contribution in [0, 0.1) is 0 Å². The van der Waals surface area contributed by atoms with E-state index in [1.165, 1.54) is 11.1 Å². The van der Waals surface area contributed by atoms with Crippen LogP contribution in [0.25, 0.3) is 0 Å². The number of rotatable bonds is 6. The van der Waals surface area contributed by atoms with Gasteiger partial charge in [0.25, 0.3) is 0 Å². The van der Waals surface area contributed by atoms with Crippen molar-refractivity contribution in [3.05, 3.63) is 35.4 Å². The van der Waals surface area contributed by atoms with E-state index in [0.717, 1.165) is 26.1 Å². The number of hydrogen-bond acceptors (Lipinski definition) is 4. The minimum absolute atomic E-state index is 0.159. The van der Waals surface area contributed by atoms with Gasteiger partial charge in [-0.3, -0.25) is 4.90 Å². The Kier molecular flexibility index (Phi) is 5.18. The normalized spacial score (nSPS) is 21.4. The van der Waals surface area contributed by atoms with Gasteiger partial charge in [0.2, 0.25) is 0 Å². The van der Waals surface area contributed by atoms with E-state index < -0.39 is 9.84 Å². The molecular formula is C15H24N2O2S. The SMILES string of the molecule is CCNCc1ccccc1CN(C)C1CCS(=O)(=O)C1.